The van der Waals surface area contributed by atoms with Gasteiger partial charge in [0.2, 0.25) is 11.8 Å². The summed E-state index contributed by atoms with van der Waals surface area (Å²) in [6.07, 6.45) is -0.0850. The lowest BCUT2D eigenvalue weighted by atomic mass is 9.83. The first-order chi connectivity index (χ1) is 18.8. The molecule has 0 heterocycles. The van der Waals surface area contributed by atoms with E-state index in [2.05, 4.69) is 63.7 Å². The Labute approximate surface area is 247 Å². The summed E-state index contributed by atoms with van der Waals surface area (Å²) in [5.74, 6) is -0.498. The fourth-order valence-electron chi connectivity index (χ4n) is 4.73. The smallest absolute Gasteiger partial charge is 0.366 e. The van der Waals surface area contributed by atoms with Gasteiger partial charge in [0.05, 0.1) is 12.5 Å². The molecule has 0 aliphatic carbocycles. The third-order valence-electron chi connectivity index (χ3n) is 7.09. The van der Waals surface area contributed by atoms with Crippen molar-refractivity contribution in [1.29, 1.82) is 0 Å². The highest BCUT2D eigenvalue weighted by Crippen LogP contribution is 2.38. The van der Waals surface area contributed by atoms with Crippen molar-refractivity contribution >= 4 is 27.8 Å². The van der Waals surface area contributed by atoms with Gasteiger partial charge in [0, 0.05) is 16.8 Å². The van der Waals surface area contributed by atoms with Gasteiger partial charge in [-0.05, 0) is 70.9 Å². The number of benzene rings is 2. The molecule has 0 aliphatic heterocycles. The van der Waals surface area contributed by atoms with Crippen molar-refractivity contribution in [2.45, 2.75) is 118 Å². The molecule has 0 radical (unpaired) electrons. The minimum Gasteiger partial charge on any atom is -0.366 e. The lowest BCUT2D eigenvalue weighted by Crippen LogP contribution is -2.36. The predicted octanol–water partition coefficient (Wildman–Crippen LogP) is 6.57. The molecule has 228 valence electrons. The van der Waals surface area contributed by atoms with Gasteiger partial charge in [0.15, 0.2) is 5.75 Å². The van der Waals surface area contributed by atoms with Crippen LogP contribution in [0.3, 0.4) is 0 Å². The quantitative estimate of drug-likeness (QED) is 0.258. The Hall–Kier alpha value is -2.91. The van der Waals surface area contributed by atoms with Gasteiger partial charge in [-0.1, -0.05) is 81.4 Å². The fourth-order valence-corrected chi connectivity index (χ4v) is 5.54. The second-order valence-electron chi connectivity index (χ2n) is 12.5. The number of anilines is 1. The Bertz CT molecular complexity index is 1300. The third-order valence-corrected chi connectivity index (χ3v) is 7.96. The molecular formula is C32H49N3O5S. The first-order valence-corrected chi connectivity index (χ1v) is 15.9. The summed E-state index contributed by atoms with van der Waals surface area (Å²) in [5.41, 5.74) is 11.5. The molecule has 0 spiro atoms. The standard InChI is InChI=1S/C32H49N3O5S/c1-17(2)23-12-25(18(3)4)29(26(13-23)19(5)6)16-30(36)35-41(38,39)40-31-27(20(7)8)14-24(15-28(31)21(9)10)34-32(37)22(11)33/h12-15,17-22H,16,33H2,1-11H3,(H,34,37)(H,35,36)/t22-/m0/s1. The van der Waals surface area contributed by atoms with E-state index in [4.69, 9.17) is 9.92 Å². The number of rotatable bonds is 12. The Morgan fingerprint density at radius 3 is 1.54 bits per heavy atom. The number of nitrogens with two attached hydrogens (primary N) is 1. The largest absolute Gasteiger partial charge is 0.409 e. The molecule has 0 aromatic heterocycles. The zero-order valence-electron chi connectivity index (χ0n) is 26.5. The van der Waals surface area contributed by atoms with Crippen LogP contribution in [-0.4, -0.2) is 26.3 Å². The van der Waals surface area contributed by atoms with Crippen LogP contribution in [0.25, 0.3) is 0 Å². The van der Waals surface area contributed by atoms with E-state index in [0.717, 1.165) is 16.7 Å². The van der Waals surface area contributed by atoms with Gasteiger partial charge < -0.3 is 15.2 Å². The van der Waals surface area contributed by atoms with Crippen molar-refractivity contribution in [3.8, 4) is 5.75 Å². The highest BCUT2D eigenvalue weighted by atomic mass is 32.2. The Kier molecular flexibility index (Phi) is 11.6. The molecule has 0 aliphatic rings. The van der Waals surface area contributed by atoms with E-state index in [1.54, 1.807) is 19.1 Å². The van der Waals surface area contributed by atoms with E-state index in [-0.39, 0.29) is 41.7 Å². The summed E-state index contributed by atoms with van der Waals surface area (Å²) in [6, 6.07) is 6.92. The molecule has 9 heteroatoms. The van der Waals surface area contributed by atoms with E-state index < -0.39 is 22.3 Å². The van der Waals surface area contributed by atoms with Crippen LogP contribution in [0.15, 0.2) is 24.3 Å². The van der Waals surface area contributed by atoms with E-state index in [0.29, 0.717) is 22.7 Å². The first-order valence-electron chi connectivity index (χ1n) is 14.5. The van der Waals surface area contributed by atoms with E-state index in [9.17, 15) is 18.0 Å². The van der Waals surface area contributed by atoms with Crippen molar-refractivity contribution in [1.82, 2.24) is 4.72 Å². The average Bonchev–Trinajstić information content (AvgIpc) is 2.83. The molecule has 8 nitrogen and oxygen atoms in total. The van der Waals surface area contributed by atoms with Gasteiger partial charge in [0.25, 0.3) is 0 Å². The number of carbonyl (C=O) groups is 2. The predicted molar refractivity (Wildman–Crippen MR) is 167 cm³/mol. The van der Waals surface area contributed by atoms with Crippen molar-refractivity contribution in [2.24, 2.45) is 5.73 Å². The maximum absolute atomic E-state index is 13.2. The molecule has 2 aromatic carbocycles. The van der Waals surface area contributed by atoms with Crippen molar-refractivity contribution in [3.63, 3.8) is 0 Å². The van der Waals surface area contributed by atoms with E-state index in [1.807, 2.05) is 27.7 Å². The third kappa shape index (κ3) is 9.04. The summed E-state index contributed by atoms with van der Waals surface area (Å²) in [5, 5.41) is 2.78. The Balaban J connectivity index is 2.47. The fraction of sp³-hybridized carbons (Fsp3) is 0.562. The topological polar surface area (TPSA) is 128 Å². The van der Waals surface area contributed by atoms with Crippen LogP contribution in [0.1, 0.15) is 139 Å². The van der Waals surface area contributed by atoms with Crippen LogP contribution in [0.5, 0.6) is 5.75 Å². The highest BCUT2D eigenvalue weighted by Gasteiger charge is 2.26. The molecule has 2 aromatic rings. The van der Waals surface area contributed by atoms with Gasteiger partial charge in [-0.25, -0.2) is 4.72 Å². The van der Waals surface area contributed by atoms with Gasteiger partial charge >= 0.3 is 10.3 Å². The second kappa shape index (κ2) is 13.8. The molecule has 0 saturated heterocycles. The number of nitrogens with one attached hydrogen (secondary N) is 2. The molecule has 0 unspecified atom stereocenters. The van der Waals surface area contributed by atoms with Crippen molar-refractivity contribution in [2.75, 3.05) is 5.32 Å². The SMILES string of the molecule is CC(C)c1cc(C(C)C)c(CC(=O)NS(=O)(=O)Oc2c(C(C)C)cc(NC(=O)[C@H](C)N)cc2C(C)C)c(C(C)C)c1. The summed E-state index contributed by atoms with van der Waals surface area (Å²) in [6.45, 7) is 21.8. The molecule has 2 amide bonds. The van der Waals surface area contributed by atoms with Gasteiger partial charge in [-0.2, -0.15) is 8.42 Å². The maximum Gasteiger partial charge on any atom is 0.409 e. The molecule has 0 saturated carbocycles. The minimum absolute atomic E-state index is 0.0850. The molecular weight excluding hydrogens is 538 g/mol. The normalized spacial score (nSPS) is 12.9. The van der Waals surface area contributed by atoms with E-state index >= 15 is 0 Å². The lowest BCUT2D eigenvalue weighted by molar-refractivity contribution is -0.119. The van der Waals surface area contributed by atoms with Crippen LogP contribution in [0.2, 0.25) is 0 Å². The summed E-state index contributed by atoms with van der Waals surface area (Å²) in [7, 11) is -4.51. The zero-order chi connectivity index (χ0) is 31.4. The number of hydrogen-bond donors (Lipinski definition) is 3. The number of hydrogen-bond acceptors (Lipinski definition) is 6. The molecule has 41 heavy (non-hydrogen) atoms. The first kappa shape index (κ1) is 34.3. The Morgan fingerprint density at radius 2 is 1.17 bits per heavy atom. The van der Waals surface area contributed by atoms with Crippen LogP contribution in [0.4, 0.5) is 5.69 Å². The van der Waals surface area contributed by atoms with Crippen molar-refractivity contribution in [3.05, 3.63) is 57.6 Å². The van der Waals surface area contributed by atoms with Gasteiger partial charge in [-0.15, -0.1) is 0 Å². The lowest BCUT2D eigenvalue weighted by Gasteiger charge is -2.23. The van der Waals surface area contributed by atoms with Crippen LogP contribution >= 0.6 is 0 Å². The zero-order valence-corrected chi connectivity index (χ0v) is 27.3. The monoisotopic (exact) mass is 587 g/mol. The summed E-state index contributed by atoms with van der Waals surface area (Å²) in [4.78, 5) is 25.5. The minimum atomic E-state index is -4.51. The van der Waals surface area contributed by atoms with Gasteiger partial charge in [0.1, 0.15) is 0 Å². The number of amides is 2. The molecule has 2 rings (SSSR count). The molecule has 0 bridgehead atoms. The number of carbonyl (C=O) groups excluding carboxylic acids is 2. The molecule has 1 atom stereocenters. The Morgan fingerprint density at radius 1 is 0.732 bits per heavy atom. The van der Waals surface area contributed by atoms with Crippen LogP contribution in [0, 0.1) is 0 Å². The highest BCUT2D eigenvalue weighted by molar-refractivity contribution is 7.85. The van der Waals surface area contributed by atoms with Gasteiger partial charge in [-0.3, -0.25) is 9.59 Å². The average molecular weight is 588 g/mol. The van der Waals surface area contributed by atoms with Crippen molar-refractivity contribution < 1.29 is 22.2 Å². The van der Waals surface area contributed by atoms with Crippen LogP contribution in [-0.2, 0) is 26.3 Å². The summed E-state index contributed by atoms with van der Waals surface area (Å²) >= 11 is 0. The van der Waals surface area contributed by atoms with Crippen LogP contribution < -0.4 is 20.0 Å². The van der Waals surface area contributed by atoms with E-state index in [1.165, 1.54) is 5.56 Å². The maximum atomic E-state index is 13.2. The second-order valence-corrected chi connectivity index (χ2v) is 13.7. The summed E-state index contributed by atoms with van der Waals surface area (Å²) < 4.78 is 34.2. The molecule has 0 fully saturated rings. The molecule has 4 N–H and O–H groups in total.